The molecule has 0 saturated heterocycles. The molecule has 4 aromatic rings. The molecule has 1 aromatic carbocycles. The van der Waals surface area contributed by atoms with E-state index in [0.717, 1.165) is 22.6 Å². The van der Waals surface area contributed by atoms with Crippen molar-refractivity contribution in [3.63, 3.8) is 0 Å². The summed E-state index contributed by atoms with van der Waals surface area (Å²) < 4.78 is 10.6. The molecule has 0 spiro atoms. The molecule has 4 rings (SSSR count). The Bertz CT molecular complexity index is 1250. The summed E-state index contributed by atoms with van der Waals surface area (Å²) in [5, 5.41) is 11.6. The van der Waals surface area contributed by atoms with E-state index in [-0.39, 0.29) is 11.3 Å². The summed E-state index contributed by atoms with van der Waals surface area (Å²) in [7, 11) is 0. The third-order valence-corrected chi connectivity index (χ3v) is 6.05. The molecule has 0 radical (unpaired) electrons. The molecule has 8 nitrogen and oxygen atoms in total. The number of pyridine rings is 1. The van der Waals surface area contributed by atoms with Crippen LogP contribution in [0.4, 0.5) is 5.69 Å². The van der Waals surface area contributed by atoms with Crippen LogP contribution >= 0.6 is 11.8 Å². The number of thioether (sulfide) groups is 1. The lowest BCUT2D eigenvalue weighted by Gasteiger charge is -2.10. The highest BCUT2D eigenvalue weighted by molar-refractivity contribution is 7.98. The maximum atomic E-state index is 13.0. The molecule has 9 heteroatoms. The first-order valence-electron chi connectivity index (χ1n) is 10.5. The number of amides is 1. The lowest BCUT2D eigenvalue weighted by molar-refractivity contribution is 0.102. The molecular formula is C24H25N5O3S. The molecule has 3 aromatic heterocycles. The highest BCUT2D eigenvalue weighted by Gasteiger charge is 2.22. The van der Waals surface area contributed by atoms with Crippen molar-refractivity contribution in [2.45, 2.75) is 50.8 Å². The number of nitrogens with zero attached hydrogens (tertiary/aromatic N) is 4. The average molecular weight is 464 g/mol. The zero-order chi connectivity index (χ0) is 23.6. The van der Waals surface area contributed by atoms with Crippen LogP contribution in [0.2, 0.25) is 0 Å². The third-order valence-electron chi connectivity index (χ3n) is 5.02. The molecule has 0 aliphatic rings. The molecule has 3 heterocycles. The van der Waals surface area contributed by atoms with E-state index in [1.54, 1.807) is 18.3 Å². The Morgan fingerprint density at radius 3 is 2.45 bits per heavy atom. The number of carbonyl (C=O) groups is 1. The van der Waals surface area contributed by atoms with Crippen LogP contribution in [0, 0.1) is 13.8 Å². The fraction of sp³-hybridized carbons (Fsp3) is 0.292. The molecule has 170 valence electrons. The van der Waals surface area contributed by atoms with E-state index in [9.17, 15) is 4.79 Å². The summed E-state index contributed by atoms with van der Waals surface area (Å²) in [6.07, 6.45) is 1.68. The van der Waals surface area contributed by atoms with Crippen LogP contribution in [-0.2, 0) is 11.2 Å². The van der Waals surface area contributed by atoms with Crippen LogP contribution in [0.1, 0.15) is 54.0 Å². The van der Waals surface area contributed by atoms with Crippen molar-refractivity contribution in [1.82, 2.24) is 20.3 Å². The minimum absolute atomic E-state index is 0.218. The molecular weight excluding hydrogens is 438 g/mol. The second-order valence-corrected chi connectivity index (χ2v) is 9.62. The van der Waals surface area contributed by atoms with Crippen molar-refractivity contribution in [3.8, 4) is 11.4 Å². The summed E-state index contributed by atoms with van der Waals surface area (Å²) in [6, 6.07) is 10.8. The molecule has 1 N–H and O–H groups in total. The quantitative estimate of drug-likeness (QED) is 0.369. The number of hydrogen-bond donors (Lipinski definition) is 1. The molecule has 0 fully saturated rings. The Morgan fingerprint density at radius 2 is 1.82 bits per heavy atom. The van der Waals surface area contributed by atoms with E-state index in [0.29, 0.717) is 33.7 Å². The van der Waals surface area contributed by atoms with E-state index in [1.165, 1.54) is 11.8 Å². The molecule has 0 unspecified atom stereocenters. The van der Waals surface area contributed by atoms with Crippen molar-refractivity contribution >= 4 is 23.4 Å². The van der Waals surface area contributed by atoms with Gasteiger partial charge in [-0.3, -0.25) is 4.79 Å². The molecule has 0 aliphatic heterocycles. The number of anilines is 1. The number of carbonyl (C=O) groups excluding carboxylic acids is 1. The van der Waals surface area contributed by atoms with Gasteiger partial charge in [-0.05, 0) is 50.2 Å². The molecule has 1 amide bonds. The monoisotopic (exact) mass is 463 g/mol. The summed E-state index contributed by atoms with van der Waals surface area (Å²) in [6.45, 7) is 9.83. The minimum atomic E-state index is -0.230. The molecule has 0 aliphatic carbocycles. The highest BCUT2D eigenvalue weighted by atomic mass is 32.2. The van der Waals surface area contributed by atoms with Gasteiger partial charge in [0.05, 0.1) is 11.3 Å². The SMILES string of the molecule is Cc1noc(C)c1CSc1ncccc1C(=O)Nc1ccc(-c2noc(C(C)(C)C)n2)cc1. The van der Waals surface area contributed by atoms with Crippen LogP contribution < -0.4 is 5.32 Å². The van der Waals surface area contributed by atoms with Gasteiger partial charge in [-0.15, -0.1) is 11.8 Å². The van der Waals surface area contributed by atoms with Gasteiger partial charge in [-0.25, -0.2) is 4.98 Å². The van der Waals surface area contributed by atoms with Crippen molar-refractivity contribution in [1.29, 1.82) is 0 Å². The molecule has 0 atom stereocenters. The maximum absolute atomic E-state index is 13.0. The topological polar surface area (TPSA) is 107 Å². The fourth-order valence-electron chi connectivity index (χ4n) is 3.07. The zero-order valence-electron chi connectivity index (χ0n) is 19.2. The second-order valence-electron chi connectivity index (χ2n) is 8.65. The Hall–Kier alpha value is -3.46. The number of nitrogens with one attached hydrogen (secondary N) is 1. The summed E-state index contributed by atoms with van der Waals surface area (Å²) in [5.74, 6) is 2.26. The normalized spacial score (nSPS) is 11.5. The predicted molar refractivity (Wildman–Crippen MR) is 126 cm³/mol. The zero-order valence-corrected chi connectivity index (χ0v) is 20.0. The van der Waals surface area contributed by atoms with Gasteiger partial charge in [0, 0.05) is 34.2 Å². The Labute approximate surface area is 196 Å². The van der Waals surface area contributed by atoms with Gasteiger partial charge < -0.3 is 14.4 Å². The molecule has 0 saturated carbocycles. The first kappa shape index (κ1) is 22.7. The van der Waals surface area contributed by atoms with Gasteiger partial charge in [0.15, 0.2) is 0 Å². The van der Waals surface area contributed by atoms with Crippen LogP contribution in [0.15, 0.2) is 56.7 Å². The molecule has 0 bridgehead atoms. The van der Waals surface area contributed by atoms with Gasteiger partial charge in [-0.1, -0.05) is 31.1 Å². The summed E-state index contributed by atoms with van der Waals surface area (Å²) in [4.78, 5) is 21.8. The lowest BCUT2D eigenvalue weighted by atomic mass is 9.97. The predicted octanol–water partition coefficient (Wildman–Crippen LogP) is 5.58. The van der Waals surface area contributed by atoms with E-state index in [1.807, 2.05) is 58.9 Å². The van der Waals surface area contributed by atoms with Crippen molar-refractivity contribution < 1.29 is 13.8 Å². The Kier molecular flexibility index (Phi) is 6.33. The second kappa shape index (κ2) is 9.19. The number of hydrogen-bond acceptors (Lipinski definition) is 8. The van der Waals surface area contributed by atoms with Gasteiger partial charge in [-0.2, -0.15) is 4.98 Å². The van der Waals surface area contributed by atoms with E-state index in [4.69, 9.17) is 9.05 Å². The average Bonchev–Trinajstić information content (AvgIpc) is 3.40. The Balaban J connectivity index is 1.46. The van der Waals surface area contributed by atoms with Crippen LogP contribution in [0.5, 0.6) is 0 Å². The number of aromatic nitrogens is 4. The number of benzene rings is 1. The van der Waals surface area contributed by atoms with Gasteiger partial charge in [0.2, 0.25) is 11.7 Å². The van der Waals surface area contributed by atoms with Gasteiger partial charge in [0.25, 0.3) is 5.91 Å². The minimum Gasteiger partial charge on any atom is -0.361 e. The standard InChI is InChI=1S/C24H25N5O3S/c1-14-19(15(2)31-28-14)13-33-22-18(7-6-12-25-22)21(30)26-17-10-8-16(9-11-17)20-27-23(32-29-20)24(3,4)5/h6-12H,13H2,1-5H3,(H,26,30). The number of aryl methyl sites for hydroxylation is 2. The van der Waals surface area contributed by atoms with Gasteiger partial charge >= 0.3 is 0 Å². The maximum Gasteiger partial charge on any atom is 0.258 e. The van der Waals surface area contributed by atoms with Gasteiger partial charge in [0.1, 0.15) is 10.8 Å². The smallest absolute Gasteiger partial charge is 0.258 e. The third kappa shape index (κ3) is 5.14. The van der Waals surface area contributed by atoms with E-state index >= 15 is 0 Å². The van der Waals surface area contributed by atoms with Crippen molar-refractivity contribution in [2.75, 3.05) is 5.32 Å². The van der Waals surface area contributed by atoms with E-state index < -0.39 is 0 Å². The summed E-state index contributed by atoms with van der Waals surface area (Å²) >= 11 is 1.48. The summed E-state index contributed by atoms with van der Waals surface area (Å²) in [5.41, 5.74) is 3.62. The highest BCUT2D eigenvalue weighted by Crippen LogP contribution is 2.28. The first-order chi connectivity index (χ1) is 15.7. The first-order valence-corrected chi connectivity index (χ1v) is 11.5. The van der Waals surface area contributed by atoms with Crippen molar-refractivity contribution in [2.24, 2.45) is 0 Å². The van der Waals surface area contributed by atoms with Crippen LogP contribution in [0.3, 0.4) is 0 Å². The number of rotatable bonds is 6. The molecule has 33 heavy (non-hydrogen) atoms. The lowest BCUT2D eigenvalue weighted by Crippen LogP contribution is -2.13. The van der Waals surface area contributed by atoms with Crippen molar-refractivity contribution in [3.05, 3.63) is 71.1 Å². The van der Waals surface area contributed by atoms with E-state index in [2.05, 4.69) is 25.6 Å². The largest absolute Gasteiger partial charge is 0.361 e. The Morgan fingerprint density at radius 1 is 1.06 bits per heavy atom. The fourth-order valence-corrected chi connectivity index (χ4v) is 4.22. The van der Waals surface area contributed by atoms with Crippen LogP contribution in [0.25, 0.3) is 11.4 Å². The van der Waals surface area contributed by atoms with Crippen LogP contribution in [-0.4, -0.2) is 26.2 Å².